The molecule has 0 spiro atoms. The number of aryl methyl sites for hydroxylation is 1. The minimum Gasteiger partial charge on any atom is -0.339 e. The first kappa shape index (κ1) is 12.4. The average molecular weight is 257 g/mol. The molecule has 1 aromatic heterocycles. The molecule has 0 bridgehead atoms. The van der Waals surface area contributed by atoms with E-state index in [1.807, 2.05) is 6.92 Å². The van der Waals surface area contributed by atoms with Gasteiger partial charge in [0.1, 0.15) is 0 Å². The highest BCUT2D eigenvalue weighted by Gasteiger charge is 2.25. The number of hydrogen-bond acceptors (Lipinski definition) is 4. The summed E-state index contributed by atoms with van der Waals surface area (Å²) in [6.07, 6.45) is 3.96. The van der Waals surface area contributed by atoms with Gasteiger partial charge in [0.2, 0.25) is 5.89 Å². The standard InChI is InChI=1S/C15H19N3O/c1-2-13(16)14-17-15(19-18-14)12-8-7-10-5-3-4-6-11(10)9-12/h3-6,12-13H,2,7-9,16H2,1H3. The van der Waals surface area contributed by atoms with E-state index in [-0.39, 0.29) is 6.04 Å². The van der Waals surface area contributed by atoms with E-state index in [1.165, 1.54) is 11.1 Å². The van der Waals surface area contributed by atoms with Crippen LogP contribution in [-0.2, 0) is 12.8 Å². The van der Waals surface area contributed by atoms with E-state index in [0.29, 0.717) is 11.7 Å². The lowest BCUT2D eigenvalue weighted by atomic mass is 9.84. The van der Waals surface area contributed by atoms with E-state index < -0.39 is 0 Å². The van der Waals surface area contributed by atoms with Crippen LogP contribution in [0.4, 0.5) is 0 Å². The number of benzene rings is 1. The molecule has 100 valence electrons. The maximum atomic E-state index is 5.93. The van der Waals surface area contributed by atoms with Gasteiger partial charge in [-0.05, 0) is 36.8 Å². The van der Waals surface area contributed by atoms with Crippen molar-refractivity contribution >= 4 is 0 Å². The minimum atomic E-state index is -0.117. The lowest BCUT2D eigenvalue weighted by molar-refractivity contribution is 0.335. The molecule has 4 heteroatoms. The van der Waals surface area contributed by atoms with Crippen LogP contribution in [0.1, 0.15) is 54.6 Å². The summed E-state index contributed by atoms with van der Waals surface area (Å²) in [4.78, 5) is 4.47. The molecule has 0 aliphatic heterocycles. The number of nitrogens with two attached hydrogens (primary N) is 1. The summed E-state index contributed by atoms with van der Waals surface area (Å²) in [5.74, 6) is 1.71. The van der Waals surface area contributed by atoms with Gasteiger partial charge < -0.3 is 10.3 Å². The Kier molecular flexibility index (Phi) is 3.34. The summed E-state index contributed by atoms with van der Waals surface area (Å²) >= 11 is 0. The number of hydrogen-bond donors (Lipinski definition) is 1. The number of nitrogens with zero attached hydrogens (tertiary/aromatic N) is 2. The molecule has 2 N–H and O–H groups in total. The molecule has 4 nitrogen and oxygen atoms in total. The summed E-state index contributed by atoms with van der Waals surface area (Å²) < 4.78 is 5.40. The topological polar surface area (TPSA) is 64.9 Å². The van der Waals surface area contributed by atoms with Gasteiger partial charge in [-0.2, -0.15) is 4.98 Å². The third kappa shape index (κ3) is 2.40. The van der Waals surface area contributed by atoms with Crippen molar-refractivity contribution in [3.05, 3.63) is 47.1 Å². The van der Waals surface area contributed by atoms with Crippen molar-refractivity contribution in [2.45, 2.75) is 44.6 Å². The predicted octanol–water partition coefficient (Wildman–Crippen LogP) is 2.75. The Balaban J connectivity index is 1.79. The molecule has 0 fully saturated rings. The van der Waals surface area contributed by atoms with Crippen LogP contribution in [0.25, 0.3) is 0 Å². The number of aromatic nitrogens is 2. The fourth-order valence-corrected chi connectivity index (χ4v) is 2.65. The van der Waals surface area contributed by atoms with E-state index in [2.05, 4.69) is 34.4 Å². The summed E-state index contributed by atoms with van der Waals surface area (Å²) in [7, 11) is 0. The Morgan fingerprint density at radius 1 is 1.37 bits per heavy atom. The molecule has 1 aliphatic carbocycles. The van der Waals surface area contributed by atoms with Gasteiger partial charge in [-0.3, -0.25) is 0 Å². The Bertz CT molecular complexity index is 564. The monoisotopic (exact) mass is 257 g/mol. The lowest BCUT2D eigenvalue weighted by Gasteiger charge is -2.21. The van der Waals surface area contributed by atoms with E-state index in [1.54, 1.807) is 0 Å². The molecular weight excluding hydrogens is 238 g/mol. The van der Waals surface area contributed by atoms with Gasteiger partial charge in [0.15, 0.2) is 5.82 Å². The third-order valence-electron chi connectivity index (χ3n) is 3.92. The molecule has 0 radical (unpaired) electrons. The molecule has 3 rings (SSSR count). The third-order valence-corrected chi connectivity index (χ3v) is 3.92. The number of rotatable bonds is 3. The highest BCUT2D eigenvalue weighted by molar-refractivity contribution is 5.31. The Morgan fingerprint density at radius 2 is 2.16 bits per heavy atom. The molecule has 0 saturated carbocycles. The largest absolute Gasteiger partial charge is 0.339 e. The maximum Gasteiger partial charge on any atom is 0.230 e. The van der Waals surface area contributed by atoms with Crippen LogP contribution in [-0.4, -0.2) is 10.1 Å². The lowest BCUT2D eigenvalue weighted by Crippen LogP contribution is -2.14. The molecule has 1 aromatic carbocycles. The van der Waals surface area contributed by atoms with Crippen molar-refractivity contribution in [3.8, 4) is 0 Å². The quantitative estimate of drug-likeness (QED) is 0.918. The second-order valence-corrected chi connectivity index (χ2v) is 5.21. The zero-order valence-electron chi connectivity index (χ0n) is 11.2. The summed E-state index contributed by atoms with van der Waals surface area (Å²) in [5, 5.41) is 4.01. The fourth-order valence-electron chi connectivity index (χ4n) is 2.65. The van der Waals surface area contributed by atoms with Crippen molar-refractivity contribution in [1.82, 2.24) is 10.1 Å². The molecule has 0 amide bonds. The van der Waals surface area contributed by atoms with Crippen LogP contribution in [0.3, 0.4) is 0 Å². The highest BCUT2D eigenvalue weighted by atomic mass is 16.5. The van der Waals surface area contributed by atoms with E-state index in [4.69, 9.17) is 10.3 Å². The van der Waals surface area contributed by atoms with Gasteiger partial charge in [0, 0.05) is 5.92 Å². The Labute approximate surface area is 113 Å². The van der Waals surface area contributed by atoms with Crippen molar-refractivity contribution in [3.63, 3.8) is 0 Å². The highest BCUT2D eigenvalue weighted by Crippen LogP contribution is 2.32. The van der Waals surface area contributed by atoms with Gasteiger partial charge in [0.25, 0.3) is 0 Å². The van der Waals surface area contributed by atoms with E-state index >= 15 is 0 Å². The maximum absolute atomic E-state index is 5.93. The zero-order valence-corrected chi connectivity index (χ0v) is 11.2. The van der Waals surface area contributed by atoms with Crippen LogP contribution < -0.4 is 5.73 Å². The molecular formula is C15H19N3O. The first-order valence-electron chi connectivity index (χ1n) is 6.93. The second kappa shape index (κ2) is 5.13. The van der Waals surface area contributed by atoms with Crippen molar-refractivity contribution in [2.24, 2.45) is 5.73 Å². The van der Waals surface area contributed by atoms with Crippen molar-refractivity contribution in [2.75, 3.05) is 0 Å². The first-order valence-corrected chi connectivity index (χ1v) is 6.93. The smallest absolute Gasteiger partial charge is 0.230 e. The molecule has 1 heterocycles. The van der Waals surface area contributed by atoms with Gasteiger partial charge in [-0.15, -0.1) is 0 Å². The van der Waals surface area contributed by atoms with E-state index in [0.717, 1.165) is 31.6 Å². The van der Waals surface area contributed by atoms with Gasteiger partial charge >= 0.3 is 0 Å². The summed E-state index contributed by atoms with van der Waals surface area (Å²) in [6.45, 7) is 2.03. The first-order chi connectivity index (χ1) is 9.28. The van der Waals surface area contributed by atoms with E-state index in [9.17, 15) is 0 Å². The van der Waals surface area contributed by atoms with Crippen LogP contribution in [0.5, 0.6) is 0 Å². The normalized spacial score (nSPS) is 20.0. The van der Waals surface area contributed by atoms with Crippen molar-refractivity contribution in [1.29, 1.82) is 0 Å². The second-order valence-electron chi connectivity index (χ2n) is 5.21. The molecule has 0 saturated heterocycles. The van der Waals surface area contributed by atoms with Crippen molar-refractivity contribution < 1.29 is 4.52 Å². The average Bonchev–Trinajstić information content (AvgIpc) is 2.95. The Hall–Kier alpha value is -1.68. The zero-order chi connectivity index (χ0) is 13.2. The van der Waals surface area contributed by atoms with Crippen LogP contribution in [0, 0.1) is 0 Å². The van der Waals surface area contributed by atoms with Gasteiger partial charge in [-0.1, -0.05) is 36.3 Å². The van der Waals surface area contributed by atoms with Crippen LogP contribution in [0.2, 0.25) is 0 Å². The Morgan fingerprint density at radius 3 is 2.95 bits per heavy atom. The molecule has 19 heavy (non-hydrogen) atoms. The van der Waals surface area contributed by atoms with Gasteiger partial charge in [0.05, 0.1) is 6.04 Å². The predicted molar refractivity (Wildman–Crippen MR) is 72.7 cm³/mol. The SMILES string of the molecule is CCC(N)c1noc(C2CCc3ccccc3C2)n1. The number of fused-ring (bicyclic) bond motifs is 1. The summed E-state index contributed by atoms with van der Waals surface area (Å²) in [5.41, 5.74) is 8.78. The molecule has 2 unspecified atom stereocenters. The summed E-state index contributed by atoms with van der Waals surface area (Å²) in [6, 6.07) is 8.47. The van der Waals surface area contributed by atoms with Crippen LogP contribution in [0.15, 0.2) is 28.8 Å². The molecule has 1 aliphatic rings. The fraction of sp³-hybridized carbons (Fsp3) is 0.467. The minimum absolute atomic E-state index is 0.117. The van der Waals surface area contributed by atoms with Gasteiger partial charge in [-0.25, -0.2) is 0 Å². The van der Waals surface area contributed by atoms with Crippen LogP contribution >= 0.6 is 0 Å². The molecule has 2 aromatic rings. The molecule has 2 atom stereocenters.